The number of nitrogens with one attached hydrogen (secondary N) is 2. The molecule has 0 radical (unpaired) electrons. The second kappa shape index (κ2) is 9.60. The van der Waals surface area contributed by atoms with Gasteiger partial charge in [-0.25, -0.2) is 0 Å². The lowest BCUT2D eigenvalue weighted by atomic mass is 10.2. The van der Waals surface area contributed by atoms with Crippen LogP contribution >= 0.6 is 11.8 Å². The summed E-state index contributed by atoms with van der Waals surface area (Å²) in [4.78, 5) is 24.1. The summed E-state index contributed by atoms with van der Waals surface area (Å²) >= 11 is 1.21. The molecule has 1 aromatic carbocycles. The molecule has 0 aliphatic rings. The molecular formula is C19H18N4O5S. The van der Waals surface area contributed by atoms with Crippen molar-refractivity contribution in [1.82, 2.24) is 10.2 Å². The molecule has 2 N–H and O–H groups in total. The van der Waals surface area contributed by atoms with E-state index in [0.29, 0.717) is 22.2 Å². The van der Waals surface area contributed by atoms with Gasteiger partial charge in [-0.1, -0.05) is 11.8 Å². The summed E-state index contributed by atoms with van der Waals surface area (Å²) in [5.74, 6) is 1.07. The highest BCUT2D eigenvalue weighted by molar-refractivity contribution is 7.99. The molecule has 0 saturated heterocycles. The zero-order chi connectivity index (χ0) is 20.6. The predicted octanol–water partition coefficient (Wildman–Crippen LogP) is 3.07. The van der Waals surface area contributed by atoms with Crippen LogP contribution in [0.25, 0.3) is 0 Å². The number of hydrogen-bond acceptors (Lipinski definition) is 8. The summed E-state index contributed by atoms with van der Waals surface area (Å²) < 4.78 is 15.4. The fraction of sp³-hybridized carbons (Fsp3) is 0.158. The number of nitrogens with zero attached hydrogens (tertiary/aromatic N) is 2. The lowest BCUT2D eigenvalue weighted by Gasteiger charge is -2.11. The maximum atomic E-state index is 12.2. The molecule has 0 fully saturated rings. The van der Waals surface area contributed by atoms with Crippen molar-refractivity contribution >= 4 is 35.1 Å². The van der Waals surface area contributed by atoms with Crippen LogP contribution in [0.2, 0.25) is 0 Å². The highest BCUT2D eigenvalue weighted by atomic mass is 32.2. The van der Waals surface area contributed by atoms with Gasteiger partial charge < -0.3 is 24.5 Å². The minimum absolute atomic E-state index is 0.127. The number of hydrogen-bond donors (Lipinski definition) is 2. The van der Waals surface area contributed by atoms with Crippen molar-refractivity contribution < 1.29 is 23.5 Å². The van der Waals surface area contributed by atoms with Crippen molar-refractivity contribution in [3.63, 3.8) is 0 Å². The first-order valence-electron chi connectivity index (χ1n) is 8.42. The number of methoxy groups -OCH3 is 2. The molecule has 0 bridgehead atoms. The van der Waals surface area contributed by atoms with Gasteiger partial charge in [-0.2, -0.15) is 0 Å². The summed E-state index contributed by atoms with van der Waals surface area (Å²) in [5.41, 5.74) is 0.543. The zero-order valence-corrected chi connectivity index (χ0v) is 16.5. The number of amides is 2. The van der Waals surface area contributed by atoms with E-state index in [4.69, 9.17) is 13.9 Å². The minimum Gasteiger partial charge on any atom is -0.497 e. The quantitative estimate of drug-likeness (QED) is 0.540. The summed E-state index contributed by atoms with van der Waals surface area (Å²) in [6.07, 6.45) is 1.41. The third-order valence-corrected chi connectivity index (χ3v) is 4.58. The Hall–Kier alpha value is -3.53. The number of rotatable bonds is 8. The van der Waals surface area contributed by atoms with Crippen LogP contribution in [-0.4, -0.2) is 42.0 Å². The van der Waals surface area contributed by atoms with E-state index in [1.165, 1.54) is 25.1 Å². The molecule has 0 aliphatic carbocycles. The lowest BCUT2D eigenvalue weighted by Crippen LogP contribution is -2.15. The van der Waals surface area contributed by atoms with Gasteiger partial charge in [-0.3, -0.25) is 9.59 Å². The third-order valence-electron chi connectivity index (χ3n) is 3.66. The summed E-state index contributed by atoms with van der Waals surface area (Å²) in [6, 6.07) is 11.5. The van der Waals surface area contributed by atoms with Crippen LogP contribution in [0.15, 0.2) is 58.2 Å². The lowest BCUT2D eigenvalue weighted by molar-refractivity contribution is -0.113. The number of anilines is 2. The van der Waals surface area contributed by atoms with Crippen molar-refractivity contribution in [1.29, 1.82) is 0 Å². The predicted molar refractivity (Wildman–Crippen MR) is 108 cm³/mol. The molecule has 2 amide bonds. The molecule has 2 aromatic heterocycles. The molecule has 10 heteroatoms. The van der Waals surface area contributed by atoms with E-state index in [2.05, 4.69) is 20.8 Å². The number of furan rings is 1. The first-order valence-corrected chi connectivity index (χ1v) is 9.41. The van der Waals surface area contributed by atoms with Crippen LogP contribution in [-0.2, 0) is 4.79 Å². The van der Waals surface area contributed by atoms with Crippen LogP contribution in [0.3, 0.4) is 0 Å². The van der Waals surface area contributed by atoms with Crippen molar-refractivity contribution in [3.05, 3.63) is 54.5 Å². The van der Waals surface area contributed by atoms with Crippen LogP contribution in [0.1, 0.15) is 10.6 Å². The van der Waals surface area contributed by atoms with E-state index in [-0.39, 0.29) is 23.2 Å². The largest absolute Gasteiger partial charge is 0.497 e. The molecule has 3 aromatic rings. The maximum absolute atomic E-state index is 12.2. The van der Waals surface area contributed by atoms with E-state index in [0.717, 1.165) is 0 Å². The first-order chi connectivity index (χ1) is 14.1. The standard InChI is InChI=1S/C19H18N4O5S/c1-26-12-5-6-13(15(10-12)27-2)20-17(24)11-29-18-8-7-16(22-23-18)21-19(25)14-4-3-9-28-14/h3-10H,11H2,1-2H3,(H,20,24)(H,21,22,25). The van der Waals surface area contributed by atoms with Crippen molar-refractivity contribution in [2.45, 2.75) is 5.03 Å². The summed E-state index contributed by atoms with van der Waals surface area (Å²) in [6.45, 7) is 0. The van der Waals surface area contributed by atoms with Crippen molar-refractivity contribution in [2.24, 2.45) is 0 Å². The average molecular weight is 414 g/mol. The van der Waals surface area contributed by atoms with Gasteiger partial charge >= 0.3 is 0 Å². The molecule has 150 valence electrons. The Morgan fingerprint density at radius 1 is 1.07 bits per heavy atom. The molecular weight excluding hydrogens is 396 g/mol. The second-order valence-electron chi connectivity index (χ2n) is 5.59. The monoisotopic (exact) mass is 414 g/mol. The summed E-state index contributed by atoms with van der Waals surface area (Å²) in [5, 5.41) is 13.8. The Bertz CT molecular complexity index is 977. The van der Waals surface area contributed by atoms with E-state index in [9.17, 15) is 9.59 Å². The number of carbonyl (C=O) groups is 2. The fourth-order valence-corrected chi connectivity index (χ4v) is 2.89. The Balaban J connectivity index is 1.52. The highest BCUT2D eigenvalue weighted by Gasteiger charge is 2.12. The Morgan fingerprint density at radius 3 is 2.59 bits per heavy atom. The molecule has 2 heterocycles. The SMILES string of the molecule is COc1ccc(NC(=O)CSc2ccc(NC(=O)c3ccco3)nn2)c(OC)c1. The van der Waals surface area contributed by atoms with Gasteiger partial charge in [0.2, 0.25) is 5.91 Å². The fourth-order valence-electron chi connectivity index (χ4n) is 2.28. The van der Waals surface area contributed by atoms with Gasteiger partial charge in [0.15, 0.2) is 11.6 Å². The number of carbonyl (C=O) groups excluding carboxylic acids is 2. The minimum atomic E-state index is -0.419. The average Bonchev–Trinajstić information content (AvgIpc) is 3.28. The van der Waals surface area contributed by atoms with Crippen LogP contribution in [0.5, 0.6) is 11.5 Å². The number of ether oxygens (including phenoxy) is 2. The smallest absolute Gasteiger partial charge is 0.292 e. The number of benzene rings is 1. The van der Waals surface area contributed by atoms with Gasteiger partial charge in [0, 0.05) is 6.07 Å². The number of thioether (sulfide) groups is 1. The Morgan fingerprint density at radius 2 is 1.93 bits per heavy atom. The van der Waals surface area contributed by atoms with E-state index >= 15 is 0 Å². The van der Waals surface area contributed by atoms with Gasteiger partial charge in [-0.05, 0) is 36.4 Å². The molecule has 0 saturated carbocycles. The Kier molecular flexibility index (Phi) is 6.69. The summed E-state index contributed by atoms with van der Waals surface area (Å²) in [7, 11) is 3.07. The van der Waals surface area contributed by atoms with E-state index in [1.54, 1.807) is 49.6 Å². The molecule has 0 aliphatic heterocycles. The molecule has 0 unspecified atom stereocenters. The molecule has 0 atom stereocenters. The second-order valence-corrected chi connectivity index (χ2v) is 6.59. The van der Waals surface area contributed by atoms with Crippen LogP contribution < -0.4 is 20.1 Å². The zero-order valence-electron chi connectivity index (χ0n) is 15.7. The molecule has 0 spiro atoms. The van der Waals surface area contributed by atoms with Gasteiger partial charge in [-0.15, -0.1) is 10.2 Å². The molecule has 3 rings (SSSR count). The van der Waals surface area contributed by atoms with Crippen molar-refractivity contribution in [3.8, 4) is 11.5 Å². The van der Waals surface area contributed by atoms with Gasteiger partial charge in [0.05, 0.1) is 31.9 Å². The third kappa shape index (κ3) is 5.48. The van der Waals surface area contributed by atoms with Gasteiger partial charge in [0.1, 0.15) is 16.5 Å². The maximum Gasteiger partial charge on any atom is 0.292 e. The van der Waals surface area contributed by atoms with E-state index < -0.39 is 5.91 Å². The van der Waals surface area contributed by atoms with E-state index in [1.807, 2.05) is 0 Å². The topological polar surface area (TPSA) is 116 Å². The first kappa shape index (κ1) is 20.2. The van der Waals surface area contributed by atoms with Gasteiger partial charge in [0.25, 0.3) is 5.91 Å². The highest BCUT2D eigenvalue weighted by Crippen LogP contribution is 2.29. The molecule has 29 heavy (non-hydrogen) atoms. The molecule has 9 nitrogen and oxygen atoms in total. The number of aromatic nitrogens is 2. The van der Waals surface area contributed by atoms with Crippen LogP contribution in [0.4, 0.5) is 11.5 Å². The van der Waals surface area contributed by atoms with Crippen LogP contribution in [0, 0.1) is 0 Å². The Labute approximate surface area is 170 Å². The normalized spacial score (nSPS) is 10.3. The van der Waals surface area contributed by atoms with Crippen molar-refractivity contribution in [2.75, 3.05) is 30.6 Å².